The fraction of sp³-hybridized carbons (Fsp3) is 0.562. The zero-order valence-corrected chi connectivity index (χ0v) is 12.0. The summed E-state index contributed by atoms with van der Waals surface area (Å²) < 4.78 is 0. The van der Waals surface area contributed by atoms with Crippen LogP contribution in [0.2, 0.25) is 0 Å². The Hall–Kier alpha value is -1.51. The van der Waals surface area contributed by atoms with Gasteiger partial charge in [-0.25, -0.2) is 4.79 Å². The monoisotopic (exact) mass is 260 g/mol. The number of benzene rings is 1. The fourth-order valence-electron chi connectivity index (χ4n) is 2.77. The molecule has 0 aliphatic carbocycles. The van der Waals surface area contributed by atoms with Crippen LogP contribution in [0.15, 0.2) is 24.3 Å². The number of carbonyl (C=O) groups is 1. The van der Waals surface area contributed by atoms with Gasteiger partial charge in [0.15, 0.2) is 0 Å². The molecule has 0 saturated carbocycles. The maximum absolute atomic E-state index is 12.3. The van der Waals surface area contributed by atoms with Crippen molar-refractivity contribution >= 4 is 6.03 Å². The molecule has 1 N–H and O–H groups in total. The molecule has 1 aromatic rings. The van der Waals surface area contributed by atoms with E-state index in [9.17, 15) is 4.79 Å². The molecule has 2 amide bonds. The van der Waals surface area contributed by atoms with Gasteiger partial charge < -0.3 is 10.2 Å². The van der Waals surface area contributed by atoms with Gasteiger partial charge in [0.25, 0.3) is 0 Å². The molecule has 104 valence electrons. The second-order valence-electron chi connectivity index (χ2n) is 5.34. The Morgan fingerprint density at radius 2 is 2.16 bits per heavy atom. The zero-order chi connectivity index (χ0) is 13.7. The average Bonchev–Trinajstić information content (AvgIpc) is 2.46. The highest BCUT2D eigenvalue weighted by molar-refractivity contribution is 5.74. The van der Waals surface area contributed by atoms with E-state index in [-0.39, 0.29) is 6.03 Å². The number of urea groups is 1. The van der Waals surface area contributed by atoms with Gasteiger partial charge in [0.05, 0.1) is 0 Å². The van der Waals surface area contributed by atoms with Crippen LogP contribution < -0.4 is 5.32 Å². The largest absolute Gasteiger partial charge is 0.334 e. The Bertz CT molecular complexity index is 431. The summed E-state index contributed by atoms with van der Waals surface area (Å²) >= 11 is 0. The standard InChI is InChI=1S/C16H24N2O/c1-3-15-10-6-7-11-18(15)16(19)17-12-14-9-5-4-8-13(14)2/h4-5,8-9,15H,3,6-7,10-12H2,1-2H3,(H,17,19). The van der Waals surface area contributed by atoms with Crippen molar-refractivity contribution < 1.29 is 4.79 Å². The molecule has 2 rings (SSSR count). The molecule has 3 heteroatoms. The highest BCUT2D eigenvalue weighted by atomic mass is 16.2. The van der Waals surface area contributed by atoms with Gasteiger partial charge in [-0.15, -0.1) is 0 Å². The second kappa shape index (κ2) is 6.60. The molecule has 1 aliphatic heterocycles. The van der Waals surface area contributed by atoms with Gasteiger partial charge in [0, 0.05) is 19.1 Å². The van der Waals surface area contributed by atoms with Crippen LogP contribution in [0.5, 0.6) is 0 Å². The fourth-order valence-corrected chi connectivity index (χ4v) is 2.77. The Labute approximate surface area is 116 Å². The lowest BCUT2D eigenvalue weighted by Gasteiger charge is -2.35. The van der Waals surface area contributed by atoms with Crippen molar-refractivity contribution in [2.45, 2.75) is 52.1 Å². The molecule has 0 radical (unpaired) electrons. The van der Waals surface area contributed by atoms with E-state index < -0.39 is 0 Å². The first-order valence-corrected chi connectivity index (χ1v) is 7.31. The number of nitrogens with one attached hydrogen (secondary N) is 1. The molecule has 1 aromatic carbocycles. The molecule has 1 heterocycles. The minimum Gasteiger partial charge on any atom is -0.334 e. The molecule has 0 bridgehead atoms. The smallest absolute Gasteiger partial charge is 0.317 e. The molecule has 0 spiro atoms. The van der Waals surface area contributed by atoms with Crippen LogP contribution in [0.25, 0.3) is 0 Å². The molecular weight excluding hydrogens is 236 g/mol. The topological polar surface area (TPSA) is 32.3 Å². The minimum atomic E-state index is 0.0924. The summed E-state index contributed by atoms with van der Waals surface area (Å²) in [5, 5.41) is 3.06. The third-order valence-corrected chi connectivity index (χ3v) is 4.05. The van der Waals surface area contributed by atoms with Crippen LogP contribution in [0.3, 0.4) is 0 Å². The summed E-state index contributed by atoms with van der Waals surface area (Å²) in [7, 11) is 0. The third-order valence-electron chi connectivity index (χ3n) is 4.05. The van der Waals surface area contributed by atoms with Crippen molar-refractivity contribution in [3.8, 4) is 0 Å². The lowest BCUT2D eigenvalue weighted by atomic mass is 10.0. The van der Waals surface area contributed by atoms with Crippen LogP contribution in [-0.2, 0) is 6.54 Å². The first kappa shape index (κ1) is 13.9. The molecule has 1 saturated heterocycles. The summed E-state index contributed by atoms with van der Waals surface area (Å²) in [4.78, 5) is 14.3. The minimum absolute atomic E-state index is 0.0924. The first-order chi connectivity index (χ1) is 9.22. The lowest BCUT2D eigenvalue weighted by Crippen LogP contribution is -2.48. The van der Waals surface area contributed by atoms with E-state index >= 15 is 0 Å². The number of carbonyl (C=O) groups excluding carboxylic acids is 1. The molecule has 1 aliphatic rings. The third kappa shape index (κ3) is 3.49. The summed E-state index contributed by atoms with van der Waals surface area (Å²) in [6.45, 7) is 5.77. The number of piperidine rings is 1. The number of rotatable bonds is 3. The summed E-state index contributed by atoms with van der Waals surface area (Å²) in [5.41, 5.74) is 2.43. The van der Waals surface area contributed by atoms with Gasteiger partial charge in [-0.2, -0.15) is 0 Å². The molecule has 1 fully saturated rings. The highest BCUT2D eigenvalue weighted by Crippen LogP contribution is 2.19. The summed E-state index contributed by atoms with van der Waals surface area (Å²) in [6.07, 6.45) is 4.58. The van der Waals surface area contributed by atoms with Crippen LogP contribution in [0.1, 0.15) is 43.7 Å². The first-order valence-electron chi connectivity index (χ1n) is 7.31. The van der Waals surface area contributed by atoms with Gasteiger partial charge >= 0.3 is 6.03 Å². The van der Waals surface area contributed by atoms with Crippen molar-refractivity contribution in [1.82, 2.24) is 10.2 Å². The zero-order valence-electron chi connectivity index (χ0n) is 12.0. The highest BCUT2D eigenvalue weighted by Gasteiger charge is 2.24. The second-order valence-corrected chi connectivity index (χ2v) is 5.34. The summed E-state index contributed by atoms with van der Waals surface area (Å²) in [5.74, 6) is 0. The van der Waals surface area contributed by atoms with E-state index in [0.717, 1.165) is 25.8 Å². The Morgan fingerprint density at radius 1 is 1.37 bits per heavy atom. The van der Waals surface area contributed by atoms with E-state index in [0.29, 0.717) is 12.6 Å². The van der Waals surface area contributed by atoms with Crippen LogP contribution in [-0.4, -0.2) is 23.5 Å². The maximum Gasteiger partial charge on any atom is 0.317 e. The van der Waals surface area contributed by atoms with Crippen molar-refractivity contribution in [2.24, 2.45) is 0 Å². The van der Waals surface area contributed by atoms with Gasteiger partial charge in [-0.3, -0.25) is 0 Å². The Balaban J connectivity index is 1.92. The van der Waals surface area contributed by atoms with E-state index in [2.05, 4.69) is 31.3 Å². The average molecular weight is 260 g/mol. The number of aryl methyl sites for hydroxylation is 1. The molecular formula is C16H24N2O. The molecule has 19 heavy (non-hydrogen) atoms. The molecule has 1 unspecified atom stereocenters. The van der Waals surface area contributed by atoms with E-state index in [4.69, 9.17) is 0 Å². The maximum atomic E-state index is 12.3. The number of nitrogens with zero attached hydrogens (tertiary/aromatic N) is 1. The van der Waals surface area contributed by atoms with Gasteiger partial charge in [0.2, 0.25) is 0 Å². The van der Waals surface area contributed by atoms with E-state index in [1.807, 2.05) is 17.0 Å². The molecule has 3 nitrogen and oxygen atoms in total. The number of hydrogen-bond acceptors (Lipinski definition) is 1. The quantitative estimate of drug-likeness (QED) is 0.886. The van der Waals surface area contributed by atoms with Crippen LogP contribution >= 0.6 is 0 Å². The van der Waals surface area contributed by atoms with Crippen molar-refractivity contribution in [2.75, 3.05) is 6.54 Å². The lowest BCUT2D eigenvalue weighted by molar-refractivity contribution is 0.148. The Kier molecular flexibility index (Phi) is 4.83. The molecule has 0 aromatic heterocycles. The van der Waals surface area contributed by atoms with E-state index in [1.165, 1.54) is 17.5 Å². The van der Waals surface area contributed by atoms with Gasteiger partial charge in [-0.1, -0.05) is 31.2 Å². The number of likely N-dealkylation sites (tertiary alicyclic amines) is 1. The van der Waals surface area contributed by atoms with Crippen molar-refractivity contribution in [3.05, 3.63) is 35.4 Å². The predicted molar refractivity (Wildman–Crippen MR) is 78.1 cm³/mol. The normalized spacial score (nSPS) is 19.3. The SMILES string of the molecule is CCC1CCCCN1C(=O)NCc1ccccc1C. The van der Waals surface area contributed by atoms with Gasteiger partial charge in [-0.05, 0) is 43.7 Å². The predicted octanol–water partition coefficient (Wildman–Crippen LogP) is 3.47. The van der Waals surface area contributed by atoms with E-state index in [1.54, 1.807) is 0 Å². The van der Waals surface area contributed by atoms with Crippen LogP contribution in [0, 0.1) is 6.92 Å². The number of amides is 2. The Morgan fingerprint density at radius 3 is 2.89 bits per heavy atom. The summed E-state index contributed by atoms with van der Waals surface area (Å²) in [6, 6.07) is 8.71. The van der Waals surface area contributed by atoms with Crippen LogP contribution in [0.4, 0.5) is 4.79 Å². The van der Waals surface area contributed by atoms with Gasteiger partial charge in [0.1, 0.15) is 0 Å². The molecule has 1 atom stereocenters. The number of hydrogen-bond donors (Lipinski definition) is 1. The van der Waals surface area contributed by atoms with Crippen molar-refractivity contribution in [3.63, 3.8) is 0 Å². The van der Waals surface area contributed by atoms with Crippen molar-refractivity contribution in [1.29, 1.82) is 0 Å².